The summed E-state index contributed by atoms with van der Waals surface area (Å²) in [7, 11) is 1.88. The highest BCUT2D eigenvalue weighted by atomic mass is 35.5. The second kappa shape index (κ2) is 7.42. The molecule has 6 heteroatoms. The Kier molecular flexibility index (Phi) is 5.55. The Morgan fingerprint density at radius 3 is 2.61 bits per heavy atom. The van der Waals surface area contributed by atoms with Gasteiger partial charge in [-0.05, 0) is 49.7 Å². The quantitative estimate of drug-likeness (QED) is 0.593. The Labute approximate surface area is 139 Å². The maximum atomic E-state index is 13.9. The molecule has 0 saturated carbocycles. The van der Waals surface area contributed by atoms with Gasteiger partial charge in [-0.2, -0.15) is 0 Å². The molecule has 0 amide bonds. The lowest BCUT2D eigenvalue weighted by Crippen LogP contribution is -2.14. The third-order valence-electron chi connectivity index (χ3n) is 3.44. The van der Waals surface area contributed by atoms with Crippen molar-refractivity contribution in [1.82, 2.24) is 4.90 Å². The third-order valence-corrected chi connectivity index (χ3v) is 3.67. The summed E-state index contributed by atoms with van der Waals surface area (Å²) in [5, 5.41) is 3.19. The van der Waals surface area contributed by atoms with E-state index in [1.54, 1.807) is 19.3 Å². The van der Waals surface area contributed by atoms with Crippen LogP contribution in [0.3, 0.4) is 0 Å². The normalized spacial score (nSPS) is 11.0. The van der Waals surface area contributed by atoms with E-state index in [4.69, 9.17) is 11.6 Å². The molecule has 0 fully saturated rings. The lowest BCUT2D eigenvalue weighted by Gasteiger charge is -2.14. The average Bonchev–Trinajstić information content (AvgIpc) is 2.51. The number of rotatable bonds is 5. The molecule has 122 valence electrons. The van der Waals surface area contributed by atoms with E-state index in [2.05, 4.69) is 10.3 Å². The van der Waals surface area contributed by atoms with Crippen molar-refractivity contribution in [2.75, 3.05) is 18.9 Å². The van der Waals surface area contributed by atoms with Crippen LogP contribution in [0.5, 0.6) is 0 Å². The first-order chi connectivity index (χ1) is 10.9. The molecule has 0 saturated heterocycles. The smallest absolute Gasteiger partial charge is 0.148 e. The van der Waals surface area contributed by atoms with Crippen LogP contribution < -0.4 is 5.32 Å². The molecule has 2 aromatic carbocycles. The second-order valence-corrected chi connectivity index (χ2v) is 5.60. The number of anilines is 2. The summed E-state index contributed by atoms with van der Waals surface area (Å²) in [6.45, 7) is 4.58. The molecule has 0 aliphatic rings. The van der Waals surface area contributed by atoms with Crippen LogP contribution in [0.1, 0.15) is 12.5 Å². The van der Waals surface area contributed by atoms with Crippen molar-refractivity contribution in [2.24, 2.45) is 4.99 Å². The Morgan fingerprint density at radius 1 is 1.22 bits per heavy atom. The molecule has 0 atom stereocenters. The summed E-state index contributed by atoms with van der Waals surface area (Å²) in [5.74, 6) is -0.948. The average molecular weight is 338 g/mol. The fraction of sp³-hybridized carbons (Fsp3) is 0.235. The van der Waals surface area contributed by atoms with Gasteiger partial charge >= 0.3 is 0 Å². The summed E-state index contributed by atoms with van der Waals surface area (Å²) in [5.41, 5.74) is 1.89. The molecule has 0 aromatic heterocycles. The number of benzene rings is 2. The van der Waals surface area contributed by atoms with Gasteiger partial charge in [0.25, 0.3) is 0 Å². The van der Waals surface area contributed by atoms with Crippen LogP contribution in [0.4, 0.5) is 25.8 Å². The zero-order valence-electron chi connectivity index (χ0n) is 13.2. The topological polar surface area (TPSA) is 27.6 Å². The molecule has 0 unspecified atom stereocenters. The predicted molar refractivity (Wildman–Crippen MR) is 92.3 cm³/mol. The highest BCUT2D eigenvalue weighted by Crippen LogP contribution is 2.31. The van der Waals surface area contributed by atoms with Gasteiger partial charge in [0.15, 0.2) is 0 Å². The van der Waals surface area contributed by atoms with Crippen molar-refractivity contribution >= 4 is 35.0 Å². The molecule has 0 aliphatic heterocycles. The van der Waals surface area contributed by atoms with E-state index in [1.165, 1.54) is 24.3 Å². The molecular weight excluding hydrogens is 320 g/mol. The van der Waals surface area contributed by atoms with Gasteiger partial charge in [-0.1, -0.05) is 11.6 Å². The molecule has 2 rings (SSSR count). The Morgan fingerprint density at radius 2 is 1.96 bits per heavy atom. The van der Waals surface area contributed by atoms with Crippen molar-refractivity contribution in [3.8, 4) is 0 Å². The molecule has 1 N–H and O–H groups in total. The third kappa shape index (κ3) is 4.42. The first kappa shape index (κ1) is 17.2. The van der Waals surface area contributed by atoms with Gasteiger partial charge in [0.1, 0.15) is 11.6 Å². The summed E-state index contributed by atoms with van der Waals surface area (Å²) in [6.07, 6.45) is 1.63. The molecular formula is C17H18ClF2N3. The highest BCUT2D eigenvalue weighted by molar-refractivity contribution is 6.30. The lowest BCUT2D eigenvalue weighted by molar-refractivity contribution is 0.552. The monoisotopic (exact) mass is 337 g/mol. The van der Waals surface area contributed by atoms with Crippen molar-refractivity contribution < 1.29 is 8.78 Å². The number of hydrogen-bond donors (Lipinski definition) is 1. The van der Waals surface area contributed by atoms with E-state index < -0.39 is 11.6 Å². The van der Waals surface area contributed by atoms with E-state index in [-0.39, 0.29) is 5.69 Å². The second-order valence-electron chi connectivity index (χ2n) is 5.16. The van der Waals surface area contributed by atoms with E-state index >= 15 is 0 Å². The molecule has 0 heterocycles. The van der Waals surface area contributed by atoms with Gasteiger partial charge in [-0.3, -0.25) is 0 Å². The van der Waals surface area contributed by atoms with E-state index in [9.17, 15) is 8.78 Å². The van der Waals surface area contributed by atoms with Gasteiger partial charge in [0.2, 0.25) is 0 Å². The Bertz CT molecular complexity index is 732. The molecule has 0 spiro atoms. The zero-order valence-corrected chi connectivity index (χ0v) is 14.0. The molecule has 2 aromatic rings. The minimum Gasteiger partial charge on any atom is -0.366 e. The molecule has 23 heavy (non-hydrogen) atoms. The Hall–Kier alpha value is -2.14. The van der Waals surface area contributed by atoms with Crippen LogP contribution in [-0.4, -0.2) is 24.8 Å². The SMILES string of the molecule is CCN(C)C=Nc1cc(F)cc(Nc2ccc(Cl)cc2F)c1C. The van der Waals surface area contributed by atoms with Crippen LogP contribution >= 0.6 is 11.6 Å². The predicted octanol–water partition coefficient (Wildman–Crippen LogP) is 5.28. The summed E-state index contributed by atoms with van der Waals surface area (Å²) < 4.78 is 27.7. The van der Waals surface area contributed by atoms with E-state index in [1.807, 2.05) is 18.9 Å². The number of halogens is 3. The summed E-state index contributed by atoms with van der Waals surface area (Å²) in [6, 6.07) is 6.94. The largest absolute Gasteiger partial charge is 0.366 e. The van der Waals surface area contributed by atoms with Crippen molar-refractivity contribution in [3.63, 3.8) is 0 Å². The van der Waals surface area contributed by atoms with Crippen molar-refractivity contribution in [2.45, 2.75) is 13.8 Å². The first-order valence-corrected chi connectivity index (χ1v) is 7.55. The van der Waals surface area contributed by atoms with Gasteiger partial charge < -0.3 is 10.2 Å². The number of aliphatic imine (C=N–C) groups is 1. The van der Waals surface area contributed by atoms with Crippen molar-refractivity contribution in [3.05, 3.63) is 52.6 Å². The minimum absolute atomic E-state index is 0.226. The fourth-order valence-corrected chi connectivity index (χ4v) is 2.07. The van der Waals surface area contributed by atoms with Crippen LogP contribution in [-0.2, 0) is 0 Å². The maximum absolute atomic E-state index is 13.9. The van der Waals surface area contributed by atoms with Gasteiger partial charge in [0.05, 0.1) is 17.7 Å². The standard InChI is InChI=1S/C17H18ClF2N3/c1-4-23(3)10-21-16-8-13(19)9-17(11(16)2)22-15-6-5-12(18)7-14(15)20/h5-10,22H,4H2,1-3H3. The first-order valence-electron chi connectivity index (χ1n) is 7.17. The zero-order chi connectivity index (χ0) is 17.0. The maximum Gasteiger partial charge on any atom is 0.148 e. The van der Waals surface area contributed by atoms with Gasteiger partial charge in [-0.25, -0.2) is 13.8 Å². The van der Waals surface area contributed by atoms with Crippen LogP contribution in [0, 0.1) is 18.6 Å². The summed E-state index contributed by atoms with van der Waals surface area (Å²) in [4.78, 5) is 6.15. The number of nitrogens with zero attached hydrogens (tertiary/aromatic N) is 2. The lowest BCUT2D eigenvalue weighted by atomic mass is 10.1. The van der Waals surface area contributed by atoms with Crippen molar-refractivity contribution in [1.29, 1.82) is 0 Å². The van der Waals surface area contributed by atoms with Crippen LogP contribution in [0.25, 0.3) is 0 Å². The summed E-state index contributed by atoms with van der Waals surface area (Å²) >= 11 is 5.73. The number of nitrogens with one attached hydrogen (secondary N) is 1. The fourth-order valence-electron chi connectivity index (χ4n) is 1.91. The van der Waals surface area contributed by atoms with E-state index in [0.29, 0.717) is 16.4 Å². The molecule has 0 radical (unpaired) electrons. The van der Waals surface area contributed by atoms with Gasteiger partial charge in [0, 0.05) is 24.3 Å². The highest BCUT2D eigenvalue weighted by Gasteiger charge is 2.10. The molecule has 0 aliphatic carbocycles. The Balaban J connectivity index is 2.35. The van der Waals surface area contributed by atoms with Crippen LogP contribution in [0.2, 0.25) is 5.02 Å². The van der Waals surface area contributed by atoms with Gasteiger partial charge in [-0.15, -0.1) is 0 Å². The van der Waals surface area contributed by atoms with Crippen LogP contribution in [0.15, 0.2) is 35.3 Å². The molecule has 0 bridgehead atoms. The minimum atomic E-state index is -0.503. The molecule has 3 nitrogen and oxygen atoms in total. The number of hydrogen-bond acceptors (Lipinski definition) is 2. The van der Waals surface area contributed by atoms with E-state index in [0.717, 1.165) is 12.1 Å².